The van der Waals surface area contributed by atoms with Gasteiger partial charge in [-0.1, -0.05) is 18.2 Å². The number of hydrogen-bond acceptors (Lipinski definition) is 11. The summed E-state index contributed by atoms with van der Waals surface area (Å²) >= 11 is 3.49. The van der Waals surface area contributed by atoms with E-state index in [0.29, 0.717) is 50.9 Å². The molecular formula is C33H35BrN4O10. The lowest BCUT2D eigenvalue weighted by Gasteiger charge is -2.28. The Bertz CT molecular complexity index is 1710. The quantitative estimate of drug-likeness (QED) is 0.0652. The Morgan fingerprint density at radius 1 is 1.04 bits per heavy atom. The minimum atomic E-state index is -1.20. The molecule has 0 aromatic heterocycles. The molecular weight excluding hydrogens is 692 g/mol. The number of carboxylic acids is 1. The van der Waals surface area contributed by atoms with Gasteiger partial charge in [0.05, 0.1) is 48.7 Å². The fraction of sp³-hybridized carbons (Fsp3) is 0.273. The highest BCUT2D eigenvalue weighted by atomic mass is 79.9. The monoisotopic (exact) mass is 726 g/mol. The normalized spacial score (nSPS) is 14.9. The molecule has 5 N–H and O–H groups in total. The summed E-state index contributed by atoms with van der Waals surface area (Å²) in [5.74, 6) is -0.0433. The number of esters is 1. The predicted molar refractivity (Wildman–Crippen MR) is 177 cm³/mol. The number of carbonyl (C=O) groups excluding carboxylic acids is 2. The molecule has 0 fully saturated rings. The summed E-state index contributed by atoms with van der Waals surface area (Å²) < 4.78 is 28.5. The number of carboxylic acid groups (broad SMARTS) is 1. The van der Waals surface area contributed by atoms with Crippen LogP contribution in [0.1, 0.15) is 46.9 Å². The van der Waals surface area contributed by atoms with Gasteiger partial charge in [0.1, 0.15) is 13.2 Å². The van der Waals surface area contributed by atoms with Gasteiger partial charge in [-0.2, -0.15) is 5.10 Å². The molecule has 0 aliphatic carbocycles. The first-order chi connectivity index (χ1) is 23.0. The van der Waals surface area contributed by atoms with Crippen LogP contribution in [0.3, 0.4) is 0 Å². The Morgan fingerprint density at radius 2 is 1.79 bits per heavy atom. The van der Waals surface area contributed by atoms with Gasteiger partial charge in [-0.15, -0.1) is 0 Å². The van der Waals surface area contributed by atoms with Gasteiger partial charge in [0.25, 0.3) is 0 Å². The fourth-order valence-corrected chi connectivity index (χ4v) is 5.25. The van der Waals surface area contributed by atoms with Crippen molar-refractivity contribution in [3.8, 4) is 23.0 Å². The van der Waals surface area contributed by atoms with Crippen LogP contribution in [0.25, 0.3) is 0 Å². The molecule has 2 amide bonds. The number of methoxy groups -OCH3 is 2. The van der Waals surface area contributed by atoms with E-state index in [1.165, 1.54) is 32.6 Å². The van der Waals surface area contributed by atoms with Gasteiger partial charge in [0.15, 0.2) is 29.2 Å². The van der Waals surface area contributed by atoms with E-state index >= 15 is 0 Å². The number of aliphatic hydroxyl groups is 1. The molecule has 3 aromatic rings. The number of halogens is 1. The molecule has 0 saturated carbocycles. The maximum absolute atomic E-state index is 12.5. The van der Waals surface area contributed by atoms with Crippen LogP contribution in [0.2, 0.25) is 0 Å². The van der Waals surface area contributed by atoms with Crippen LogP contribution >= 0.6 is 15.9 Å². The smallest absolute Gasteiger partial charge is 0.337 e. The van der Waals surface area contributed by atoms with Gasteiger partial charge in [-0.25, -0.2) is 14.4 Å². The number of urea groups is 1. The molecule has 254 valence electrons. The second-order valence-corrected chi connectivity index (χ2v) is 11.1. The van der Waals surface area contributed by atoms with E-state index < -0.39 is 30.2 Å². The number of carbonyl (C=O) groups is 3. The number of aromatic carboxylic acids is 1. The Hall–Kier alpha value is -5.28. The van der Waals surface area contributed by atoms with Gasteiger partial charge >= 0.3 is 18.0 Å². The maximum atomic E-state index is 12.5. The van der Waals surface area contributed by atoms with E-state index in [-0.39, 0.29) is 24.4 Å². The van der Waals surface area contributed by atoms with Crippen molar-refractivity contribution in [3.05, 3.63) is 92.6 Å². The topological polar surface area (TPSA) is 186 Å². The van der Waals surface area contributed by atoms with Gasteiger partial charge in [0, 0.05) is 5.70 Å². The first-order valence-corrected chi connectivity index (χ1v) is 15.4. The zero-order chi connectivity index (χ0) is 34.8. The number of ether oxygens (including phenoxy) is 5. The van der Waals surface area contributed by atoms with Crippen LogP contribution in [0.5, 0.6) is 23.0 Å². The van der Waals surface area contributed by atoms with Crippen molar-refractivity contribution in [1.29, 1.82) is 0 Å². The summed E-state index contributed by atoms with van der Waals surface area (Å²) in [6.07, 6.45) is 0.281. The van der Waals surface area contributed by atoms with Crippen LogP contribution in [-0.4, -0.2) is 68.1 Å². The summed E-state index contributed by atoms with van der Waals surface area (Å²) in [6, 6.07) is 13.5. The molecule has 4 rings (SSSR count). The van der Waals surface area contributed by atoms with Crippen LogP contribution in [0.15, 0.2) is 75.4 Å². The largest absolute Gasteiger partial charge is 0.493 e. The Labute approximate surface area is 284 Å². The van der Waals surface area contributed by atoms with Gasteiger partial charge in [0.2, 0.25) is 0 Å². The van der Waals surface area contributed by atoms with Crippen LogP contribution < -0.4 is 35.0 Å². The first-order valence-electron chi connectivity index (χ1n) is 14.6. The zero-order valence-electron chi connectivity index (χ0n) is 26.5. The highest BCUT2D eigenvalue weighted by Gasteiger charge is 2.32. The number of amides is 2. The first kappa shape index (κ1) is 35.6. The molecule has 0 unspecified atom stereocenters. The number of nitrogens with one attached hydrogen (secondary N) is 3. The van der Waals surface area contributed by atoms with Crippen LogP contribution in [0.4, 0.5) is 4.79 Å². The molecule has 15 heteroatoms. The van der Waals surface area contributed by atoms with Crippen molar-refractivity contribution < 1.29 is 48.3 Å². The van der Waals surface area contributed by atoms with Crippen LogP contribution in [-0.2, 0) is 16.1 Å². The molecule has 0 bridgehead atoms. The van der Waals surface area contributed by atoms with Crippen molar-refractivity contribution in [2.24, 2.45) is 5.10 Å². The molecule has 0 spiro atoms. The van der Waals surface area contributed by atoms with Gasteiger partial charge in [-0.3, -0.25) is 5.43 Å². The van der Waals surface area contributed by atoms with E-state index in [4.69, 9.17) is 28.8 Å². The highest BCUT2D eigenvalue weighted by Crippen LogP contribution is 2.37. The van der Waals surface area contributed by atoms with E-state index in [1.54, 1.807) is 56.3 Å². The molecule has 2 atom stereocenters. The van der Waals surface area contributed by atoms with Gasteiger partial charge < -0.3 is 44.5 Å². The number of rotatable bonds is 15. The maximum Gasteiger partial charge on any atom is 0.337 e. The summed E-state index contributed by atoms with van der Waals surface area (Å²) in [6.45, 7) is 3.71. The summed E-state index contributed by atoms with van der Waals surface area (Å²) in [4.78, 5) is 35.7. The van der Waals surface area contributed by atoms with E-state index in [1.807, 2.05) is 0 Å². The highest BCUT2D eigenvalue weighted by molar-refractivity contribution is 9.10. The average molecular weight is 728 g/mol. The number of aliphatic hydroxyl groups excluding tert-OH is 1. The van der Waals surface area contributed by atoms with Gasteiger partial charge in [-0.05, 0) is 82.9 Å². The molecule has 14 nitrogen and oxygen atoms in total. The summed E-state index contributed by atoms with van der Waals surface area (Å²) in [5, 5.41) is 29.0. The van der Waals surface area contributed by atoms with Crippen molar-refractivity contribution in [2.75, 3.05) is 27.4 Å². The zero-order valence-corrected chi connectivity index (χ0v) is 28.1. The van der Waals surface area contributed by atoms with Crippen molar-refractivity contribution in [2.45, 2.75) is 32.7 Å². The lowest BCUT2D eigenvalue weighted by molar-refractivity contribution is -0.136. The molecule has 1 aliphatic rings. The third-order valence-corrected chi connectivity index (χ3v) is 7.53. The number of hydrazone groups is 1. The standard InChI is InChI=1S/C33H35BrN4O10/c1-5-46-25-14-22(29-28(32(42)45-4)18(2)36-33(43)37-29)10-11-24(25)47-17-27(39)38-35-15-20-12-23(34)30(26(13-20)44-3)48-16-19-6-8-21(9-7-19)31(40)41/h6-15,27,29,38-39H,5,16-17H2,1-4H3,(H,40,41)(H2,36,37,43)/b35-15-/t27-,29+/m0/s1. The van der Waals surface area contributed by atoms with Crippen molar-refractivity contribution in [1.82, 2.24) is 16.1 Å². The molecule has 1 heterocycles. The second kappa shape index (κ2) is 16.5. The number of nitrogens with zero attached hydrogens (tertiary/aromatic N) is 1. The third-order valence-electron chi connectivity index (χ3n) is 6.95. The SMILES string of the molecule is CCOc1cc([C@H]2NC(=O)NC(C)=C2C(=O)OC)ccc1OC[C@H](O)N/N=C\c1cc(Br)c(OCc2ccc(C(=O)O)cc2)c(OC)c1. The molecule has 0 radical (unpaired) electrons. The summed E-state index contributed by atoms with van der Waals surface area (Å²) in [7, 11) is 2.76. The Kier molecular flexibility index (Phi) is 12.2. The average Bonchev–Trinajstić information content (AvgIpc) is 3.06. The molecule has 1 aliphatic heterocycles. The minimum absolute atomic E-state index is 0.184. The fourth-order valence-electron chi connectivity index (χ4n) is 4.67. The van der Waals surface area contributed by atoms with Crippen LogP contribution in [0, 0.1) is 0 Å². The van der Waals surface area contributed by atoms with E-state index in [2.05, 4.69) is 37.1 Å². The number of hydrogen-bond donors (Lipinski definition) is 5. The molecule has 3 aromatic carbocycles. The predicted octanol–water partition coefficient (Wildman–Crippen LogP) is 4.26. The second-order valence-electron chi connectivity index (χ2n) is 10.2. The van der Waals surface area contributed by atoms with Crippen molar-refractivity contribution in [3.63, 3.8) is 0 Å². The Morgan fingerprint density at radius 3 is 2.46 bits per heavy atom. The number of benzene rings is 3. The van der Waals surface area contributed by atoms with Crippen molar-refractivity contribution >= 4 is 40.1 Å². The minimum Gasteiger partial charge on any atom is -0.493 e. The van der Waals surface area contributed by atoms with E-state index in [9.17, 15) is 19.5 Å². The number of allylic oxidation sites excluding steroid dienone is 1. The lowest BCUT2D eigenvalue weighted by Crippen LogP contribution is -2.45. The molecule has 48 heavy (non-hydrogen) atoms. The van der Waals surface area contributed by atoms with E-state index in [0.717, 1.165) is 5.56 Å². The molecule has 0 saturated heterocycles. The Balaban J connectivity index is 1.38. The summed E-state index contributed by atoms with van der Waals surface area (Å²) in [5.41, 5.74) is 5.39. The third kappa shape index (κ3) is 8.95. The lowest BCUT2D eigenvalue weighted by atomic mass is 9.95.